The molecule has 1 aromatic rings. The first-order valence-corrected chi connectivity index (χ1v) is 4.79. The van der Waals surface area contributed by atoms with Crippen LogP contribution in [0.3, 0.4) is 0 Å². The number of amides is 3. The summed E-state index contributed by atoms with van der Waals surface area (Å²) in [6.45, 7) is -0.441. The second kappa shape index (κ2) is 4.64. The molecule has 1 aromatic heterocycles. The predicted molar refractivity (Wildman–Crippen MR) is 57.7 cm³/mol. The van der Waals surface area contributed by atoms with Gasteiger partial charge in [0.2, 0.25) is 0 Å². The Morgan fingerprint density at radius 2 is 2.16 bits per heavy atom. The second-order valence-corrected chi connectivity index (χ2v) is 3.31. The molecule has 0 atom stereocenters. The van der Waals surface area contributed by atoms with Crippen LogP contribution < -0.4 is 0 Å². The van der Waals surface area contributed by atoms with E-state index in [1.165, 1.54) is 6.07 Å². The Kier molecular flexibility index (Phi) is 3.01. The number of hydrogen-bond donors (Lipinski definition) is 0. The molecule has 1 aliphatic rings. The van der Waals surface area contributed by atoms with E-state index in [0.717, 1.165) is 12.3 Å². The molecule has 1 saturated heterocycles. The van der Waals surface area contributed by atoms with E-state index >= 15 is 0 Å². The number of nitrogens with zero attached hydrogens (tertiary/aromatic N) is 5. The summed E-state index contributed by atoms with van der Waals surface area (Å²) < 4.78 is 4.75. The molecule has 0 aliphatic carbocycles. The van der Waals surface area contributed by atoms with Gasteiger partial charge in [0, 0.05) is 0 Å². The molecule has 11 heteroatoms. The van der Waals surface area contributed by atoms with Crippen molar-refractivity contribution in [3.63, 3.8) is 0 Å². The lowest BCUT2D eigenvalue weighted by molar-refractivity contribution is -0.402. The molecule has 0 N–H and O–H groups in total. The maximum absolute atomic E-state index is 11.4. The second-order valence-electron chi connectivity index (χ2n) is 3.31. The van der Waals surface area contributed by atoms with Crippen molar-refractivity contribution in [2.24, 2.45) is 10.4 Å². The SMILES string of the molecule is O=N[15N]1C(=O)C[15N]([15N]=Cc2ccc([N+](=O)[O-])o2)[13C]1=O. The normalized spacial score (nSPS) is 15.6. The van der Waals surface area contributed by atoms with E-state index in [9.17, 15) is 24.6 Å². The summed E-state index contributed by atoms with van der Waals surface area (Å²) in [5, 5.41) is 17.0. The minimum Gasteiger partial charge on any atom is -0.400 e. The summed E-state index contributed by atoms with van der Waals surface area (Å²) in [6.07, 6.45) is 1.01. The van der Waals surface area contributed by atoms with Gasteiger partial charge in [0.05, 0.1) is 17.6 Å². The third kappa shape index (κ3) is 2.29. The number of furan rings is 1. The molecule has 0 unspecified atom stereocenters. The molecule has 2 rings (SSSR count). The summed E-state index contributed by atoms with van der Waals surface area (Å²) in [5.74, 6) is -1.28. The molecule has 19 heavy (non-hydrogen) atoms. The molecule has 0 spiro atoms. The molecule has 1 fully saturated rings. The van der Waals surface area contributed by atoms with Crippen LogP contribution in [0.1, 0.15) is 5.76 Å². The summed E-state index contributed by atoms with van der Waals surface area (Å²) in [7, 11) is 0. The molecular formula is C8H5N5O6. The zero-order chi connectivity index (χ0) is 14.0. The maximum atomic E-state index is 11.4. The Labute approximate surface area is 104 Å². The smallest absolute Gasteiger partial charge is 0.400 e. The highest BCUT2D eigenvalue weighted by molar-refractivity contribution is 6.01. The molecule has 0 bridgehead atoms. The summed E-state index contributed by atoms with van der Waals surface area (Å²) >= 11 is 0. The van der Waals surface area contributed by atoms with Crippen LogP contribution in [0.25, 0.3) is 0 Å². The molecular weight excluding hydrogens is 266 g/mol. The summed E-state index contributed by atoms with van der Waals surface area (Å²) in [5.41, 5.74) is 0. The zero-order valence-corrected chi connectivity index (χ0v) is 9.12. The van der Waals surface area contributed by atoms with Crippen molar-refractivity contribution in [2.75, 3.05) is 6.54 Å². The monoisotopic (exact) mass is 271 g/mol. The van der Waals surface area contributed by atoms with E-state index in [1.54, 1.807) is 0 Å². The molecule has 98 valence electrons. The van der Waals surface area contributed by atoms with Crippen LogP contribution in [0.5, 0.6) is 0 Å². The van der Waals surface area contributed by atoms with Gasteiger partial charge in [0.25, 0.3) is 5.91 Å². The van der Waals surface area contributed by atoms with E-state index in [4.69, 9.17) is 4.42 Å². The van der Waals surface area contributed by atoms with Gasteiger partial charge in [0.1, 0.15) is 11.5 Å². The average Bonchev–Trinajstić information content (AvgIpc) is 2.92. The quantitative estimate of drug-likeness (QED) is 0.148. The molecule has 0 radical (unpaired) electrons. The van der Waals surface area contributed by atoms with E-state index in [-0.39, 0.29) is 10.8 Å². The predicted octanol–water partition coefficient (Wildman–Crippen LogP) is 0.467. The van der Waals surface area contributed by atoms with Crippen LogP contribution >= 0.6 is 0 Å². The third-order valence-corrected chi connectivity index (χ3v) is 2.12. The van der Waals surface area contributed by atoms with Gasteiger partial charge in [-0.3, -0.25) is 14.9 Å². The highest BCUT2D eigenvalue weighted by atomic mass is 16.7. The number of urea groups is 1. The molecule has 3 amide bonds. The fourth-order valence-electron chi connectivity index (χ4n) is 1.29. The highest BCUT2D eigenvalue weighted by Gasteiger charge is 2.37. The Balaban J connectivity index is 2.10. The van der Waals surface area contributed by atoms with Gasteiger partial charge in [0.15, 0.2) is 5.76 Å². The van der Waals surface area contributed by atoms with Crippen LogP contribution in [0.15, 0.2) is 26.9 Å². The van der Waals surface area contributed by atoms with Gasteiger partial charge in [-0.15, -0.1) is 9.92 Å². The van der Waals surface area contributed by atoms with Crippen LogP contribution in [0.2, 0.25) is 0 Å². The van der Waals surface area contributed by atoms with Crippen LogP contribution in [0.4, 0.5) is 10.7 Å². The molecule has 2 heterocycles. The molecule has 1 aliphatic heterocycles. The van der Waals surface area contributed by atoms with E-state index in [1.807, 2.05) is 0 Å². The van der Waals surface area contributed by atoms with Crippen LogP contribution in [-0.4, -0.2) is 39.6 Å². The Bertz CT molecular complexity index is 592. The number of carbonyl (C=O) groups is 2. The van der Waals surface area contributed by atoms with Crippen molar-refractivity contribution in [3.8, 4) is 0 Å². The topological polar surface area (TPSA) is 139 Å². The first-order chi connectivity index (χ1) is 9.02. The van der Waals surface area contributed by atoms with Gasteiger partial charge in [-0.2, -0.15) is 5.10 Å². The first kappa shape index (κ1) is 12.3. The fourth-order valence-corrected chi connectivity index (χ4v) is 1.29. The van der Waals surface area contributed by atoms with Crippen molar-refractivity contribution >= 4 is 24.0 Å². The molecule has 0 aromatic carbocycles. The third-order valence-electron chi connectivity index (χ3n) is 2.12. The standard InChI is InChI=1S/C8H5N5O6/c14-6-4-11(8(15)12(6)10-16)9-3-5-1-2-7(19-5)13(17)18/h1-3H,4H2/i8+1,9+1,11+1,12+1. The average molecular weight is 271 g/mol. The molecule has 11 nitrogen and oxygen atoms in total. The van der Waals surface area contributed by atoms with Crippen LogP contribution in [0, 0.1) is 15.0 Å². The van der Waals surface area contributed by atoms with Gasteiger partial charge < -0.3 is 4.42 Å². The van der Waals surface area contributed by atoms with Gasteiger partial charge in [-0.1, -0.05) is 0 Å². The number of rotatable bonds is 4. The summed E-state index contributed by atoms with van der Waals surface area (Å²) in [6, 6.07) is 1.37. The van der Waals surface area contributed by atoms with Gasteiger partial charge in [-0.05, 0) is 6.07 Å². The van der Waals surface area contributed by atoms with E-state index < -0.39 is 29.3 Å². The maximum Gasteiger partial charge on any atom is 0.433 e. The van der Waals surface area contributed by atoms with Crippen LogP contribution in [-0.2, 0) is 4.79 Å². The lowest BCUT2D eigenvalue weighted by atomic mass is 10.5. The Morgan fingerprint density at radius 1 is 1.42 bits per heavy atom. The van der Waals surface area contributed by atoms with Crippen molar-refractivity contribution in [2.45, 2.75) is 0 Å². The highest BCUT2D eigenvalue weighted by Crippen LogP contribution is 2.15. The van der Waals surface area contributed by atoms with Gasteiger partial charge >= 0.3 is 11.9 Å². The lowest BCUT2D eigenvalue weighted by Crippen LogP contribution is -2.25. The number of carbonyl (C=O) groups excluding carboxylic acids is 2. The van der Waals surface area contributed by atoms with E-state index in [2.05, 4.69) is 10.4 Å². The number of hydrogen-bond acceptors (Lipinski definition) is 8. The first-order valence-electron chi connectivity index (χ1n) is 4.79. The zero-order valence-electron chi connectivity index (χ0n) is 9.12. The number of imide groups is 1. The Morgan fingerprint density at radius 3 is 2.68 bits per heavy atom. The fraction of sp³-hybridized carbons (Fsp3) is 0.125. The summed E-state index contributed by atoms with van der Waals surface area (Å²) in [4.78, 5) is 42.3. The largest absolute Gasteiger partial charge is 0.433 e. The van der Waals surface area contributed by atoms with Crippen molar-refractivity contribution in [3.05, 3.63) is 32.9 Å². The number of nitroso groups, excluding NO2 is 1. The number of nitro groups is 1. The van der Waals surface area contributed by atoms with Crippen molar-refractivity contribution in [1.82, 2.24) is 10.0 Å². The van der Waals surface area contributed by atoms with Gasteiger partial charge in [-0.25, -0.2) is 9.80 Å². The van der Waals surface area contributed by atoms with Crippen molar-refractivity contribution in [1.29, 1.82) is 0 Å². The lowest BCUT2D eigenvalue weighted by Gasteiger charge is -2.04. The van der Waals surface area contributed by atoms with Crippen molar-refractivity contribution < 1.29 is 18.9 Å². The van der Waals surface area contributed by atoms with E-state index in [0.29, 0.717) is 5.01 Å². The minimum atomic E-state index is -1.00. The Hall–Kier alpha value is -3.11. The minimum absolute atomic E-state index is 0.0180. The number of hydrazone groups is 1. The molecule has 0 saturated carbocycles.